The second kappa shape index (κ2) is 3.32. The number of fused-ring (bicyclic) bond motifs is 1. The molecule has 0 saturated carbocycles. The monoisotopic (exact) mass is 237 g/mol. The summed E-state index contributed by atoms with van der Waals surface area (Å²) in [6, 6.07) is 10.2. The largest absolute Gasteiger partial charge is 0.249 e. The van der Waals surface area contributed by atoms with E-state index in [1.807, 2.05) is 18.2 Å². The summed E-state index contributed by atoms with van der Waals surface area (Å²) in [5.41, 5.74) is 0. The molecule has 2 heterocycles. The van der Waals surface area contributed by atoms with E-state index in [1.165, 1.54) is 10.1 Å². The molecule has 0 aliphatic carbocycles. The lowest BCUT2D eigenvalue weighted by Gasteiger charge is -2.16. The Balaban J connectivity index is 2.13. The van der Waals surface area contributed by atoms with Gasteiger partial charge in [0.25, 0.3) is 0 Å². The van der Waals surface area contributed by atoms with Crippen molar-refractivity contribution in [1.82, 2.24) is 0 Å². The van der Waals surface area contributed by atoms with Crippen molar-refractivity contribution in [2.75, 3.05) is 11.5 Å². The average Bonchev–Trinajstić information content (AvgIpc) is 2.57. The quantitative estimate of drug-likeness (QED) is 0.747. The molecule has 3 rings (SSSR count). The molecule has 1 aliphatic heterocycles. The maximum absolute atomic E-state index is 11.9. The first-order valence-corrected chi connectivity index (χ1v) is 7.63. The summed E-state index contributed by atoms with van der Waals surface area (Å²) in [5, 5.41) is 2.12. The zero-order valence-electron chi connectivity index (χ0n) is 8.18. The molecule has 2 nitrogen and oxygen atoms in total. The molecule has 15 heavy (non-hydrogen) atoms. The van der Waals surface area contributed by atoms with Crippen LogP contribution >= 0.6 is 11.3 Å². The molecule has 0 amide bonds. The normalized spacial score (nSPS) is 18.7. The molecular weight excluding hydrogens is 226 g/mol. The van der Waals surface area contributed by atoms with Crippen LogP contribution in [-0.4, -0.2) is 15.7 Å². The summed E-state index contributed by atoms with van der Waals surface area (Å²) < 4.78 is 17.5. The number of hydrogen-bond donors (Lipinski definition) is 0. The predicted molar refractivity (Wildman–Crippen MR) is 66.4 cm³/mol. The van der Waals surface area contributed by atoms with Crippen molar-refractivity contribution in [3.05, 3.63) is 30.3 Å². The number of benzene rings is 1. The van der Waals surface area contributed by atoms with Gasteiger partial charge in [0, 0.05) is 16.2 Å². The molecule has 1 aromatic heterocycles. The first-order chi connectivity index (χ1) is 7.25. The smallest absolute Gasteiger partial charge is 0.127 e. The Kier molecular flexibility index (Phi) is 2.07. The number of nitrogens with zero attached hydrogens (tertiary/aromatic N) is 1. The van der Waals surface area contributed by atoms with Gasteiger partial charge in [0.1, 0.15) is 5.00 Å². The lowest BCUT2D eigenvalue weighted by molar-refractivity contribution is 0.663. The molecule has 4 heteroatoms. The number of hydrogen-bond acceptors (Lipinski definition) is 3. The first-order valence-electron chi connectivity index (χ1n) is 4.96. The van der Waals surface area contributed by atoms with Gasteiger partial charge in [-0.05, 0) is 23.9 Å². The average molecular weight is 237 g/mol. The van der Waals surface area contributed by atoms with Gasteiger partial charge in [-0.25, -0.2) is 4.21 Å². The molecule has 1 saturated heterocycles. The number of rotatable bonds is 1. The van der Waals surface area contributed by atoms with E-state index in [-0.39, 0.29) is 0 Å². The highest BCUT2D eigenvalue weighted by molar-refractivity contribution is 7.95. The topological polar surface area (TPSA) is 29.4 Å². The van der Waals surface area contributed by atoms with Crippen molar-refractivity contribution in [2.45, 2.75) is 6.42 Å². The Morgan fingerprint density at radius 1 is 1.27 bits per heavy atom. The van der Waals surface area contributed by atoms with Crippen LogP contribution < -0.4 is 0 Å². The zero-order chi connectivity index (χ0) is 10.3. The minimum atomic E-state index is -1.85. The fraction of sp³-hybridized carbons (Fsp3) is 0.273. The Morgan fingerprint density at radius 2 is 2.07 bits per heavy atom. The van der Waals surface area contributed by atoms with Gasteiger partial charge in [0.15, 0.2) is 0 Å². The van der Waals surface area contributed by atoms with Gasteiger partial charge in [-0.15, -0.1) is 11.3 Å². The van der Waals surface area contributed by atoms with Crippen LogP contribution in [0.2, 0.25) is 0 Å². The summed E-state index contributed by atoms with van der Waals surface area (Å²) in [4.78, 5) is 0. The van der Waals surface area contributed by atoms with Crippen LogP contribution in [-0.2, 0) is 9.73 Å². The second-order valence-electron chi connectivity index (χ2n) is 3.75. The maximum Gasteiger partial charge on any atom is 0.127 e. The number of thiophene rings is 1. The van der Waals surface area contributed by atoms with Crippen LogP contribution in [0.4, 0.5) is 5.00 Å². The van der Waals surface area contributed by atoms with E-state index >= 15 is 0 Å². The van der Waals surface area contributed by atoms with E-state index in [0.717, 1.165) is 22.9 Å². The maximum atomic E-state index is 11.9. The molecular formula is C11H11NOS2. The molecule has 0 radical (unpaired) electrons. The molecule has 0 atom stereocenters. The summed E-state index contributed by atoms with van der Waals surface area (Å²) in [5.74, 6) is 1.56. The van der Waals surface area contributed by atoms with E-state index in [0.29, 0.717) is 0 Å². The highest BCUT2D eigenvalue weighted by Gasteiger charge is 2.19. The van der Waals surface area contributed by atoms with Crippen LogP contribution in [0.15, 0.2) is 34.7 Å². The third kappa shape index (κ3) is 1.68. The Morgan fingerprint density at radius 3 is 2.73 bits per heavy atom. The summed E-state index contributed by atoms with van der Waals surface area (Å²) in [6.45, 7) is 0. The fourth-order valence-electron chi connectivity index (χ4n) is 1.66. The third-order valence-corrected chi connectivity index (χ3v) is 6.10. The standard InChI is InChI=1S/C11H11NOS2/c13-15(6-3-7-15)12-11-8-9-4-1-2-5-10(9)14-11/h1-2,4-5,8H,3,6-7H2. The SMILES string of the molecule is O=S1(=Nc2cc3ccccc3s2)CCC1. The van der Waals surface area contributed by atoms with Crippen LogP contribution in [0, 0.1) is 0 Å². The fourth-order valence-corrected chi connectivity index (χ4v) is 4.36. The van der Waals surface area contributed by atoms with Gasteiger partial charge in [0.05, 0.1) is 9.73 Å². The molecule has 1 aliphatic rings. The zero-order valence-corrected chi connectivity index (χ0v) is 9.81. The van der Waals surface area contributed by atoms with Gasteiger partial charge in [-0.2, -0.15) is 4.36 Å². The minimum absolute atomic E-state index is 0.779. The van der Waals surface area contributed by atoms with Crippen LogP contribution in [0.5, 0.6) is 0 Å². The Labute approximate surface area is 93.1 Å². The molecule has 0 unspecified atom stereocenters. The van der Waals surface area contributed by atoms with E-state index in [4.69, 9.17) is 0 Å². The van der Waals surface area contributed by atoms with Crippen LogP contribution in [0.1, 0.15) is 6.42 Å². The molecule has 0 N–H and O–H groups in total. The van der Waals surface area contributed by atoms with E-state index in [1.54, 1.807) is 11.3 Å². The van der Waals surface area contributed by atoms with E-state index < -0.39 is 9.73 Å². The van der Waals surface area contributed by atoms with Crippen molar-refractivity contribution >= 4 is 36.2 Å². The summed E-state index contributed by atoms with van der Waals surface area (Å²) in [7, 11) is -1.85. The van der Waals surface area contributed by atoms with Crippen LogP contribution in [0.25, 0.3) is 10.1 Å². The summed E-state index contributed by atoms with van der Waals surface area (Å²) >= 11 is 1.63. The Bertz CT molecular complexity index is 577. The van der Waals surface area contributed by atoms with Crippen molar-refractivity contribution in [1.29, 1.82) is 0 Å². The molecule has 1 fully saturated rings. The molecule has 0 spiro atoms. The minimum Gasteiger partial charge on any atom is -0.249 e. The van der Waals surface area contributed by atoms with Gasteiger partial charge < -0.3 is 0 Å². The van der Waals surface area contributed by atoms with Gasteiger partial charge in [-0.1, -0.05) is 18.2 Å². The van der Waals surface area contributed by atoms with Crippen LogP contribution in [0.3, 0.4) is 0 Å². The van der Waals surface area contributed by atoms with Crippen molar-refractivity contribution in [3.8, 4) is 0 Å². The molecule has 78 valence electrons. The van der Waals surface area contributed by atoms with Gasteiger partial charge >= 0.3 is 0 Å². The summed E-state index contributed by atoms with van der Waals surface area (Å²) in [6.07, 6.45) is 1.06. The first kappa shape index (κ1) is 9.36. The molecule has 1 aromatic carbocycles. The van der Waals surface area contributed by atoms with Gasteiger partial charge in [0.2, 0.25) is 0 Å². The van der Waals surface area contributed by atoms with E-state index in [2.05, 4.69) is 16.5 Å². The lowest BCUT2D eigenvalue weighted by Crippen LogP contribution is -2.22. The molecule has 2 aromatic rings. The second-order valence-corrected chi connectivity index (χ2v) is 7.35. The highest BCUT2D eigenvalue weighted by Crippen LogP contribution is 2.33. The molecule has 0 bridgehead atoms. The van der Waals surface area contributed by atoms with Crippen molar-refractivity contribution in [3.63, 3.8) is 0 Å². The Hall–Kier alpha value is -0.870. The van der Waals surface area contributed by atoms with E-state index in [9.17, 15) is 4.21 Å². The lowest BCUT2D eigenvalue weighted by atomic mass is 10.3. The predicted octanol–water partition coefficient (Wildman–Crippen LogP) is 3.40. The van der Waals surface area contributed by atoms with Crippen molar-refractivity contribution < 1.29 is 4.21 Å². The van der Waals surface area contributed by atoms with Gasteiger partial charge in [-0.3, -0.25) is 0 Å². The van der Waals surface area contributed by atoms with Crippen molar-refractivity contribution in [2.24, 2.45) is 4.36 Å². The highest BCUT2D eigenvalue weighted by atomic mass is 32.2. The third-order valence-electron chi connectivity index (χ3n) is 2.60.